The summed E-state index contributed by atoms with van der Waals surface area (Å²) in [6.07, 6.45) is 4.75. The molecule has 0 saturated carbocycles. The van der Waals surface area contributed by atoms with Crippen LogP contribution in [0.25, 0.3) is 10.9 Å². The van der Waals surface area contributed by atoms with E-state index in [0.29, 0.717) is 11.6 Å². The van der Waals surface area contributed by atoms with E-state index in [9.17, 15) is 0 Å². The van der Waals surface area contributed by atoms with E-state index in [0.717, 1.165) is 47.0 Å². The fourth-order valence-corrected chi connectivity index (χ4v) is 3.21. The quantitative estimate of drug-likeness (QED) is 0.711. The summed E-state index contributed by atoms with van der Waals surface area (Å²) in [4.78, 5) is 4.33. The summed E-state index contributed by atoms with van der Waals surface area (Å²) in [5, 5.41) is 1.57. The summed E-state index contributed by atoms with van der Waals surface area (Å²) in [5.74, 6) is 0.729. The molecular formula is C17H19BrClNO3. The average molecular weight is 401 g/mol. The molecular weight excluding hydrogens is 382 g/mol. The second kappa shape index (κ2) is 7.79. The van der Waals surface area contributed by atoms with Crippen LogP contribution < -0.4 is 4.74 Å². The molecule has 2 unspecified atom stereocenters. The molecule has 0 bridgehead atoms. The van der Waals surface area contributed by atoms with E-state index in [4.69, 9.17) is 25.8 Å². The Balaban J connectivity index is 1.63. The molecule has 0 radical (unpaired) electrons. The lowest BCUT2D eigenvalue weighted by Crippen LogP contribution is -2.29. The Labute approximate surface area is 149 Å². The highest BCUT2D eigenvalue weighted by atomic mass is 79.9. The van der Waals surface area contributed by atoms with Crippen LogP contribution in [0.2, 0.25) is 5.02 Å². The Hall–Kier alpha value is -0.880. The van der Waals surface area contributed by atoms with E-state index in [-0.39, 0.29) is 12.4 Å². The van der Waals surface area contributed by atoms with E-state index in [1.807, 2.05) is 19.1 Å². The smallest absolute Gasteiger partial charge is 0.158 e. The van der Waals surface area contributed by atoms with Crippen LogP contribution in [0.4, 0.5) is 0 Å². The predicted octanol–water partition coefficient (Wildman–Crippen LogP) is 4.96. The zero-order chi connectivity index (χ0) is 16.2. The van der Waals surface area contributed by atoms with Crippen molar-refractivity contribution in [1.82, 2.24) is 4.98 Å². The Morgan fingerprint density at radius 3 is 3.09 bits per heavy atom. The molecule has 1 aromatic heterocycles. The molecule has 1 aromatic carbocycles. The highest BCUT2D eigenvalue weighted by Gasteiger charge is 2.18. The molecule has 1 aliphatic rings. The van der Waals surface area contributed by atoms with Crippen molar-refractivity contribution in [2.75, 3.05) is 13.2 Å². The molecule has 23 heavy (non-hydrogen) atoms. The molecule has 2 aromatic rings. The van der Waals surface area contributed by atoms with E-state index < -0.39 is 0 Å². The van der Waals surface area contributed by atoms with Gasteiger partial charge < -0.3 is 14.2 Å². The number of pyridine rings is 1. The van der Waals surface area contributed by atoms with Gasteiger partial charge in [0.05, 0.1) is 21.1 Å². The van der Waals surface area contributed by atoms with Crippen molar-refractivity contribution in [3.05, 3.63) is 33.9 Å². The van der Waals surface area contributed by atoms with Crippen LogP contribution in [-0.2, 0) is 9.47 Å². The first-order valence-corrected chi connectivity index (χ1v) is 8.94. The van der Waals surface area contributed by atoms with Gasteiger partial charge in [0.15, 0.2) is 6.29 Å². The van der Waals surface area contributed by atoms with Crippen molar-refractivity contribution < 1.29 is 14.2 Å². The summed E-state index contributed by atoms with van der Waals surface area (Å²) in [7, 11) is 0. The van der Waals surface area contributed by atoms with Crippen molar-refractivity contribution in [2.45, 2.75) is 38.6 Å². The number of ether oxygens (including phenoxy) is 3. The third kappa shape index (κ3) is 4.35. The number of benzene rings is 1. The van der Waals surface area contributed by atoms with Gasteiger partial charge in [-0.1, -0.05) is 11.6 Å². The normalized spacial score (nSPS) is 19.7. The monoisotopic (exact) mass is 399 g/mol. The average Bonchev–Trinajstić information content (AvgIpc) is 2.55. The molecule has 1 aliphatic heterocycles. The van der Waals surface area contributed by atoms with Gasteiger partial charge in [0.2, 0.25) is 0 Å². The minimum Gasteiger partial charge on any atom is -0.490 e. The van der Waals surface area contributed by atoms with Crippen LogP contribution in [0.15, 0.2) is 28.9 Å². The summed E-state index contributed by atoms with van der Waals surface area (Å²) < 4.78 is 18.2. The van der Waals surface area contributed by atoms with Crippen molar-refractivity contribution in [1.29, 1.82) is 0 Å². The predicted molar refractivity (Wildman–Crippen MR) is 94.1 cm³/mol. The summed E-state index contributed by atoms with van der Waals surface area (Å²) >= 11 is 9.71. The van der Waals surface area contributed by atoms with E-state index >= 15 is 0 Å². The van der Waals surface area contributed by atoms with Crippen molar-refractivity contribution in [3.8, 4) is 5.75 Å². The molecule has 0 amide bonds. The van der Waals surface area contributed by atoms with Crippen molar-refractivity contribution >= 4 is 38.4 Å². The van der Waals surface area contributed by atoms with Crippen LogP contribution in [0.1, 0.15) is 26.2 Å². The first kappa shape index (κ1) is 17.0. The largest absolute Gasteiger partial charge is 0.490 e. The Kier molecular flexibility index (Phi) is 5.75. The van der Waals surface area contributed by atoms with Gasteiger partial charge in [-0.15, -0.1) is 0 Å². The van der Waals surface area contributed by atoms with Gasteiger partial charge in [-0.2, -0.15) is 0 Å². The lowest BCUT2D eigenvalue weighted by Gasteiger charge is -2.26. The van der Waals surface area contributed by atoms with Gasteiger partial charge in [-0.3, -0.25) is 4.98 Å². The molecule has 2 atom stereocenters. The molecule has 0 aliphatic carbocycles. The minimum atomic E-state index is -0.108. The van der Waals surface area contributed by atoms with Crippen LogP contribution in [-0.4, -0.2) is 30.6 Å². The molecule has 2 heterocycles. The summed E-state index contributed by atoms with van der Waals surface area (Å²) in [6, 6.07) is 5.59. The molecule has 1 saturated heterocycles. The van der Waals surface area contributed by atoms with E-state index in [2.05, 4.69) is 20.9 Å². The van der Waals surface area contributed by atoms with Gasteiger partial charge >= 0.3 is 0 Å². The number of rotatable bonds is 5. The number of aromatic nitrogens is 1. The van der Waals surface area contributed by atoms with Crippen molar-refractivity contribution in [2.24, 2.45) is 0 Å². The van der Waals surface area contributed by atoms with Gasteiger partial charge in [0, 0.05) is 24.3 Å². The van der Waals surface area contributed by atoms with Gasteiger partial charge in [-0.25, -0.2) is 0 Å². The fourth-order valence-electron chi connectivity index (χ4n) is 2.55. The molecule has 124 valence electrons. The van der Waals surface area contributed by atoms with Gasteiger partial charge in [0.25, 0.3) is 0 Å². The zero-order valence-electron chi connectivity index (χ0n) is 12.9. The number of halogens is 2. The lowest BCUT2D eigenvalue weighted by atomic mass is 10.2. The second-order valence-electron chi connectivity index (χ2n) is 5.65. The Bertz CT molecular complexity index is 676. The third-order valence-corrected chi connectivity index (χ3v) is 4.69. The van der Waals surface area contributed by atoms with Crippen LogP contribution in [0.3, 0.4) is 0 Å². The standard InChI is InChI=1S/C17H19BrClNO3/c1-11(23-17-4-2-3-7-21-17)10-22-16-9-15-12(8-13(16)18)14(19)5-6-20-15/h5-6,8-9,11,17H,2-4,7,10H2,1H3. The molecule has 4 nitrogen and oxygen atoms in total. The lowest BCUT2D eigenvalue weighted by molar-refractivity contribution is -0.189. The van der Waals surface area contributed by atoms with E-state index in [1.54, 1.807) is 12.3 Å². The molecule has 0 spiro atoms. The summed E-state index contributed by atoms with van der Waals surface area (Å²) in [6.45, 7) is 3.22. The molecule has 0 N–H and O–H groups in total. The Morgan fingerprint density at radius 1 is 1.43 bits per heavy atom. The Morgan fingerprint density at radius 2 is 2.30 bits per heavy atom. The maximum Gasteiger partial charge on any atom is 0.158 e. The van der Waals surface area contributed by atoms with Crippen LogP contribution in [0.5, 0.6) is 5.75 Å². The zero-order valence-corrected chi connectivity index (χ0v) is 15.3. The fraction of sp³-hybridized carbons (Fsp3) is 0.471. The highest BCUT2D eigenvalue weighted by Crippen LogP contribution is 2.32. The maximum absolute atomic E-state index is 6.18. The molecule has 6 heteroatoms. The first-order chi connectivity index (χ1) is 11.1. The van der Waals surface area contributed by atoms with Gasteiger partial charge in [-0.05, 0) is 54.2 Å². The number of hydrogen-bond donors (Lipinski definition) is 0. The van der Waals surface area contributed by atoms with Crippen LogP contribution in [0, 0.1) is 0 Å². The van der Waals surface area contributed by atoms with E-state index in [1.165, 1.54) is 0 Å². The highest BCUT2D eigenvalue weighted by molar-refractivity contribution is 9.10. The SMILES string of the molecule is CC(COc1cc2nccc(Cl)c2cc1Br)OC1CCCCO1. The maximum atomic E-state index is 6.18. The van der Waals surface area contributed by atoms with Crippen LogP contribution >= 0.6 is 27.5 Å². The first-order valence-electron chi connectivity index (χ1n) is 7.77. The molecule has 3 rings (SSSR count). The second-order valence-corrected chi connectivity index (χ2v) is 6.91. The molecule has 1 fully saturated rings. The third-order valence-electron chi connectivity index (χ3n) is 3.74. The number of hydrogen-bond acceptors (Lipinski definition) is 4. The minimum absolute atomic E-state index is 0.0481. The van der Waals surface area contributed by atoms with Crippen molar-refractivity contribution in [3.63, 3.8) is 0 Å². The van der Waals surface area contributed by atoms with Gasteiger partial charge in [0.1, 0.15) is 12.4 Å². The topological polar surface area (TPSA) is 40.6 Å². The summed E-state index contributed by atoms with van der Waals surface area (Å²) in [5.41, 5.74) is 0.805. The number of nitrogens with zero attached hydrogens (tertiary/aromatic N) is 1. The number of fused-ring (bicyclic) bond motifs is 1.